The highest BCUT2D eigenvalue weighted by Gasteiger charge is 2.29. The average Bonchev–Trinajstić information content (AvgIpc) is 2.82. The zero-order valence-electron chi connectivity index (χ0n) is 10.4. The van der Waals surface area contributed by atoms with Gasteiger partial charge >= 0.3 is 0 Å². The Morgan fingerprint density at radius 1 is 1.50 bits per heavy atom. The zero-order chi connectivity index (χ0) is 12.5. The molecule has 1 amide bonds. The molecular formula is C14H17N3O. The monoisotopic (exact) mass is 243 g/mol. The van der Waals surface area contributed by atoms with Crippen LogP contribution in [0.2, 0.25) is 0 Å². The first-order valence-electron chi connectivity index (χ1n) is 6.28. The minimum atomic E-state index is 0.326. The van der Waals surface area contributed by atoms with Crippen molar-refractivity contribution < 1.29 is 4.79 Å². The van der Waals surface area contributed by atoms with E-state index in [-0.39, 0.29) is 0 Å². The van der Waals surface area contributed by atoms with Gasteiger partial charge in [-0.15, -0.1) is 0 Å². The van der Waals surface area contributed by atoms with Crippen LogP contribution in [0, 0.1) is 0 Å². The highest BCUT2D eigenvalue weighted by atomic mass is 16.1. The molecule has 0 saturated heterocycles. The summed E-state index contributed by atoms with van der Waals surface area (Å²) in [5, 5.41) is 7.52. The van der Waals surface area contributed by atoms with Crippen molar-refractivity contribution >= 4 is 17.3 Å². The van der Waals surface area contributed by atoms with E-state index < -0.39 is 0 Å². The van der Waals surface area contributed by atoms with Gasteiger partial charge in [0.05, 0.1) is 0 Å². The third-order valence-corrected chi connectivity index (χ3v) is 3.94. The summed E-state index contributed by atoms with van der Waals surface area (Å²) in [6.07, 6.45) is 3.88. The van der Waals surface area contributed by atoms with Gasteiger partial charge in [0, 0.05) is 35.6 Å². The summed E-state index contributed by atoms with van der Waals surface area (Å²) in [6.45, 7) is 0.679. The lowest BCUT2D eigenvalue weighted by molar-refractivity contribution is -0.109. The standard InChI is InChI=1S/C14H17N3O/c1-15-13-5-9-6-17-12-4-2-3-10(14(9)12)11(13)7-16-8-18/h2-4,6,8,11,13,15,17H,5,7H2,1H3,(H,16,18)/t11-,13-/m1/s1. The number of carbonyl (C=O) groups excluding carboxylic acids is 1. The van der Waals surface area contributed by atoms with E-state index in [1.165, 1.54) is 22.0 Å². The number of aromatic nitrogens is 1. The Morgan fingerprint density at radius 2 is 2.39 bits per heavy atom. The molecule has 18 heavy (non-hydrogen) atoms. The van der Waals surface area contributed by atoms with Crippen LogP contribution >= 0.6 is 0 Å². The van der Waals surface area contributed by atoms with Gasteiger partial charge in [-0.1, -0.05) is 12.1 Å². The second-order valence-electron chi connectivity index (χ2n) is 4.82. The van der Waals surface area contributed by atoms with Crippen molar-refractivity contribution in [2.24, 2.45) is 0 Å². The van der Waals surface area contributed by atoms with Crippen LogP contribution in [0.15, 0.2) is 24.4 Å². The summed E-state index contributed by atoms with van der Waals surface area (Å²) in [5.74, 6) is 0.326. The molecular weight excluding hydrogens is 226 g/mol. The van der Waals surface area contributed by atoms with Crippen LogP contribution in [0.4, 0.5) is 0 Å². The Bertz CT molecular complexity index is 575. The first-order chi connectivity index (χ1) is 8.85. The van der Waals surface area contributed by atoms with Crippen molar-refractivity contribution in [1.29, 1.82) is 0 Å². The summed E-state index contributed by atoms with van der Waals surface area (Å²) >= 11 is 0. The molecule has 1 aliphatic rings. The highest BCUT2D eigenvalue weighted by Crippen LogP contribution is 2.36. The molecule has 4 nitrogen and oxygen atoms in total. The van der Waals surface area contributed by atoms with Crippen LogP contribution in [0.1, 0.15) is 17.0 Å². The van der Waals surface area contributed by atoms with Crippen molar-refractivity contribution in [1.82, 2.24) is 15.6 Å². The largest absolute Gasteiger partial charge is 0.361 e. The second-order valence-corrected chi connectivity index (χ2v) is 4.82. The van der Waals surface area contributed by atoms with Crippen LogP contribution in [-0.2, 0) is 11.2 Å². The molecule has 1 aromatic heterocycles. The molecule has 94 valence electrons. The molecule has 0 saturated carbocycles. The number of hydrogen-bond acceptors (Lipinski definition) is 2. The SMILES string of the molecule is CN[C@@H]1Cc2c[nH]c3cccc(c23)[C@H]1CNC=O. The summed E-state index contributed by atoms with van der Waals surface area (Å²) in [7, 11) is 1.98. The molecule has 2 atom stereocenters. The Labute approximate surface area is 106 Å². The van der Waals surface area contributed by atoms with Gasteiger partial charge in [0.2, 0.25) is 6.41 Å². The first-order valence-corrected chi connectivity index (χ1v) is 6.28. The number of hydrogen-bond donors (Lipinski definition) is 3. The quantitative estimate of drug-likeness (QED) is 0.705. The molecule has 0 aliphatic heterocycles. The fraction of sp³-hybridized carbons (Fsp3) is 0.357. The molecule has 2 aromatic rings. The Kier molecular flexibility index (Phi) is 2.80. The molecule has 0 radical (unpaired) electrons. The molecule has 0 spiro atoms. The molecule has 4 heteroatoms. The van der Waals surface area contributed by atoms with Gasteiger partial charge in [-0.25, -0.2) is 0 Å². The van der Waals surface area contributed by atoms with E-state index in [4.69, 9.17) is 0 Å². The normalized spacial score (nSPS) is 22.1. The molecule has 1 aromatic carbocycles. The van der Waals surface area contributed by atoms with Crippen LogP contribution in [0.25, 0.3) is 10.9 Å². The van der Waals surface area contributed by atoms with Gasteiger partial charge in [-0.05, 0) is 30.7 Å². The molecule has 3 N–H and O–H groups in total. The van der Waals surface area contributed by atoms with E-state index in [0.717, 1.165) is 12.8 Å². The Hall–Kier alpha value is -1.81. The van der Waals surface area contributed by atoms with Crippen molar-refractivity contribution in [3.05, 3.63) is 35.5 Å². The fourth-order valence-corrected chi connectivity index (χ4v) is 3.08. The zero-order valence-corrected chi connectivity index (χ0v) is 10.4. The van der Waals surface area contributed by atoms with Gasteiger partial charge in [-0.3, -0.25) is 4.79 Å². The van der Waals surface area contributed by atoms with E-state index in [1.54, 1.807) is 0 Å². The fourth-order valence-electron chi connectivity index (χ4n) is 3.08. The number of benzene rings is 1. The van der Waals surface area contributed by atoms with Crippen LogP contribution in [0.3, 0.4) is 0 Å². The van der Waals surface area contributed by atoms with Crippen molar-refractivity contribution in [3.8, 4) is 0 Å². The lowest BCUT2D eigenvalue weighted by Crippen LogP contribution is -2.40. The third kappa shape index (κ3) is 1.61. The van der Waals surface area contributed by atoms with E-state index in [2.05, 4.69) is 40.0 Å². The van der Waals surface area contributed by atoms with Gasteiger partial charge in [0.1, 0.15) is 0 Å². The topological polar surface area (TPSA) is 56.9 Å². The molecule has 1 aliphatic carbocycles. The highest BCUT2D eigenvalue weighted by molar-refractivity contribution is 5.88. The number of aromatic amines is 1. The first kappa shape index (κ1) is 11.3. The predicted octanol–water partition coefficient (Wildman–Crippen LogP) is 1.14. The number of likely N-dealkylation sites (N-methyl/N-ethyl adjacent to an activating group) is 1. The van der Waals surface area contributed by atoms with Crippen molar-refractivity contribution in [2.45, 2.75) is 18.4 Å². The van der Waals surface area contributed by atoms with Crippen LogP contribution < -0.4 is 10.6 Å². The van der Waals surface area contributed by atoms with Crippen molar-refractivity contribution in [2.75, 3.05) is 13.6 Å². The average molecular weight is 243 g/mol. The molecule has 3 rings (SSSR count). The maximum absolute atomic E-state index is 10.5. The van der Waals surface area contributed by atoms with Gasteiger partial charge in [0.15, 0.2) is 0 Å². The number of H-pyrrole nitrogens is 1. The Morgan fingerprint density at radius 3 is 3.17 bits per heavy atom. The van der Waals surface area contributed by atoms with Gasteiger partial charge in [0.25, 0.3) is 0 Å². The van der Waals surface area contributed by atoms with E-state index in [1.807, 2.05) is 7.05 Å². The summed E-state index contributed by atoms with van der Waals surface area (Å²) < 4.78 is 0. The number of carbonyl (C=O) groups is 1. The molecule has 0 bridgehead atoms. The minimum Gasteiger partial charge on any atom is -0.361 e. The lowest BCUT2D eigenvalue weighted by atomic mass is 9.80. The summed E-state index contributed by atoms with van der Waals surface area (Å²) in [6, 6.07) is 6.71. The van der Waals surface area contributed by atoms with Crippen molar-refractivity contribution in [3.63, 3.8) is 0 Å². The molecule has 0 unspecified atom stereocenters. The Balaban J connectivity index is 2.10. The third-order valence-electron chi connectivity index (χ3n) is 3.94. The van der Waals surface area contributed by atoms with Crippen LogP contribution in [0.5, 0.6) is 0 Å². The maximum atomic E-state index is 10.5. The smallest absolute Gasteiger partial charge is 0.207 e. The number of rotatable bonds is 4. The molecule has 0 fully saturated rings. The van der Waals surface area contributed by atoms with E-state index in [0.29, 0.717) is 18.5 Å². The lowest BCUT2D eigenvalue weighted by Gasteiger charge is -2.31. The second kappa shape index (κ2) is 4.46. The summed E-state index contributed by atoms with van der Waals surface area (Å²) in [5.41, 5.74) is 3.87. The molecule has 1 heterocycles. The minimum absolute atomic E-state index is 0.326. The predicted molar refractivity (Wildman–Crippen MR) is 71.7 cm³/mol. The van der Waals surface area contributed by atoms with E-state index >= 15 is 0 Å². The number of amides is 1. The van der Waals surface area contributed by atoms with Gasteiger partial charge in [-0.2, -0.15) is 0 Å². The maximum Gasteiger partial charge on any atom is 0.207 e. The van der Waals surface area contributed by atoms with Gasteiger partial charge < -0.3 is 15.6 Å². The summed E-state index contributed by atoms with van der Waals surface area (Å²) in [4.78, 5) is 13.9. The van der Waals surface area contributed by atoms with E-state index in [9.17, 15) is 4.79 Å². The van der Waals surface area contributed by atoms with Crippen LogP contribution in [-0.4, -0.2) is 31.0 Å². The number of nitrogens with one attached hydrogen (secondary N) is 3.